The summed E-state index contributed by atoms with van der Waals surface area (Å²) < 4.78 is 15.8. The Morgan fingerprint density at radius 3 is 2.58 bits per heavy atom. The highest BCUT2D eigenvalue weighted by Gasteiger charge is 2.26. The van der Waals surface area contributed by atoms with E-state index < -0.39 is 12.8 Å². The Hall–Kier alpha value is -2.42. The summed E-state index contributed by atoms with van der Waals surface area (Å²) in [6.45, 7) is 14.2. The number of primary amides is 1. The number of imidazole rings is 1. The van der Waals surface area contributed by atoms with Gasteiger partial charge in [0.15, 0.2) is 0 Å². The number of H-pyrrole nitrogens is 1. The van der Waals surface area contributed by atoms with Gasteiger partial charge >= 0.3 is 6.09 Å². The number of carbonyl (C=O) groups excluding carboxylic acids is 2. The van der Waals surface area contributed by atoms with Crippen LogP contribution in [0.3, 0.4) is 0 Å². The fourth-order valence-electron chi connectivity index (χ4n) is 2.30. The first-order valence-corrected chi connectivity index (χ1v) is 10.9. The van der Waals surface area contributed by atoms with E-state index in [1.54, 1.807) is 11.1 Å². The molecule has 3 N–H and O–H groups in total. The molecule has 2 amide bonds. The largest absolute Gasteiger partial charge is 0.447 e. The molecule has 2 heterocycles. The number of nitrogens with two attached hydrogens (primary N) is 1. The molecular formula is C22H34BrFN4O3. The molecule has 1 atom stereocenters. The number of aromatic amines is 1. The summed E-state index contributed by atoms with van der Waals surface area (Å²) in [5.74, 6) is 1.71. The predicted octanol–water partition coefficient (Wildman–Crippen LogP) is 5.28. The number of alkyl halides is 1. The van der Waals surface area contributed by atoms with Crippen LogP contribution in [0.15, 0.2) is 36.0 Å². The summed E-state index contributed by atoms with van der Waals surface area (Å²) in [4.78, 5) is 29.9. The quantitative estimate of drug-likeness (QED) is 0.374. The number of ether oxygens (including phenoxy) is 1. The van der Waals surface area contributed by atoms with Gasteiger partial charge in [-0.1, -0.05) is 62.4 Å². The normalized spacial score (nSPS) is 15.0. The van der Waals surface area contributed by atoms with E-state index in [1.165, 1.54) is 6.42 Å². The molecule has 1 fully saturated rings. The Kier molecular flexibility index (Phi) is 15.0. The second-order valence-electron chi connectivity index (χ2n) is 7.15. The zero-order chi connectivity index (χ0) is 23.8. The van der Waals surface area contributed by atoms with Gasteiger partial charge in [-0.05, 0) is 30.4 Å². The van der Waals surface area contributed by atoms with Crippen molar-refractivity contribution in [3.8, 4) is 0 Å². The van der Waals surface area contributed by atoms with Crippen molar-refractivity contribution in [2.45, 2.75) is 46.1 Å². The number of aromatic nitrogens is 2. The molecule has 0 spiro atoms. The molecule has 1 aromatic heterocycles. The van der Waals surface area contributed by atoms with Gasteiger partial charge in [-0.2, -0.15) is 0 Å². The zero-order valence-electron chi connectivity index (χ0n) is 18.6. The van der Waals surface area contributed by atoms with Gasteiger partial charge in [0.2, 0.25) is 6.41 Å². The molecule has 0 aliphatic carbocycles. The van der Waals surface area contributed by atoms with E-state index >= 15 is 0 Å². The topological polar surface area (TPSA) is 101 Å². The maximum Gasteiger partial charge on any atom is 0.404 e. The van der Waals surface area contributed by atoms with Crippen LogP contribution >= 0.6 is 15.9 Å². The second kappa shape index (κ2) is 16.3. The number of hydrogen-bond donors (Lipinski definition) is 2. The van der Waals surface area contributed by atoms with Gasteiger partial charge in [0.25, 0.3) is 0 Å². The second-order valence-corrected chi connectivity index (χ2v) is 8.17. The molecule has 174 valence electrons. The lowest BCUT2D eigenvalue weighted by Gasteiger charge is -2.17. The Morgan fingerprint density at radius 1 is 1.48 bits per heavy atom. The van der Waals surface area contributed by atoms with Crippen LogP contribution in [0.1, 0.15) is 57.6 Å². The van der Waals surface area contributed by atoms with Crippen LogP contribution in [-0.2, 0) is 9.53 Å². The fraction of sp³-hybridized carbons (Fsp3) is 0.500. The van der Waals surface area contributed by atoms with Crippen molar-refractivity contribution in [3.63, 3.8) is 0 Å². The maximum atomic E-state index is 11.0. The summed E-state index contributed by atoms with van der Waals surface area (Å²) in [6, 6.07) is 0.0640. The van der Waals surface area contributed by atoms with Crippen LogP contribution in [0.5, 0.6) is 0 Å². The predicted molar refractivity (Wildman–Crippen MR) is 126 cm³/mol. The summed E-state index contributed by atoms with van der Waals surface area (Å²) in [7, 11) is 0. The molecule has 1 unspecified atom stereocenters. The third kappa shape index (κ3) is 12.8. The third-order valence-electron chi connectivity index (χ3n) is 4.29. The molecule has 0 saturated carbocycles. The summed E-state index contributed by atoms with van der Waals surface area (Å²) in [5, 5.41) is 0. The van der Waals surface area contributed by atoms with Crippen molar-refractivity contribution in [1.82, 2.24) is 14.9 Å². The first-order valence-electron chi connectivity index (χ1n) is 10.1. The average Bonchev–Trinajstić information content (AvgIpc) is 3.40. The van der Waals surface area contributed by atoms with Crippen molar-refractivity contribution in [3.05, 3.63) is 47.5 Å². The molecule has 1 saturated heterocycles. The van der Waals surface area contributed by atoms with Gasteiger partial charge in [-0.15, -0.1) is 0 Å². The number of likely N-dealkylation sites (tertiary alicyclic amines) is 1. The van der Waals surface area contributed by atoms with Gasteiger partial charge in [0.05, 0.1) is 17.9 Å². The van der Waals surface area contributed by atoms with Crippen molar-refractivity contribution < 1.29 is 18.7 Å². The van der Waals surface area contributed by atoms with Crippen molar-refractivity contribution in [2.24, 2.45) is 11.7 Å². The lowest BCUT2D eigenvalue weighted by molar-refractivity contribution is -0.119. The van der Waals surface area contributed by atoms with E-state index in [-0.39, 0.29) is 12.6 Å². The van der Waals surface area contributed by atoms with E-state index in [1.807, 2.05) is 12.2 Å². The first-order chi connectivity index (χ1) is 14.7. The fourth-order valence-corrected chi connectivity index (χ4v) is 2.43. The number of nitrogens with zero attached hydrogens (tertiary/aromatic N) is 2. The minimum Gasteiger partial charge on any atom is -0.447 e. The molecule has 0 bridgehead atoms. The Morgan fingerprint density at radius 2 is 2.13 bits per heavy atom. The van der Waals surface area contributed by atoms with Crippen molar-refractivity contribution in [2.75, 3.05) is 19.8 Å². The monoisotopic (exact) mass is 500 g/mol. The summed E-state index contributed by atoms with van der Waals surface area (Å²) in [6.07, 6.45) is 8.67. The van der Waals surface area contributed by atoms with E-state index in [2.05, 4.69) is 70.3 Å². The highest BCUT2D eigenvalue weighted by molar-refractivity contribution is 9.11. The van der Waals surface area contributed by atoms with Crippen LogP contribution in [0.2, 0.25) is 0 Å². The van der Waals surface area contributed by atoms with Crippen molar-refractivity contribution in [1.29, 1.82) is 0 Å². The molecule has 0 radical (unpaired) electrons. The van der Waals surface area contributed by atoms with Gasteiger partial charge in [0, 0.05) is 11.0 Å². The van der Waals surface area contributed by atoms with Crippen LogP contribution < -0.4 is 5.73 Å². The lowest BCUT2D eigenvalue weighted by Crippen LogP contribution is -2.21. The number of nitrogens with one attached hydrogen (secondary N) is 1. The third-order valence-corrected chi connectivity index (χ3v) is 4.55. The summed E-state index contributed by atoms with van der Waals surface area (Å²) in [5.41, 5.74) is 6.14. The molecule has 2 rings (SSSR count). The number of rotatable bonds is 8. The molecule has 0 aromatic carbocycles. The number of hydrogen-bond acceptors (Lipinski definition) is 4. The lowest BCUT2D eigenvalue weighted by atomic mass is 10.2. The molecule has 1 aliphatic heterocycles. The average molecular weight is 501 g/mol. The molecule has 31 heavy (non-hydrogen) atoms. The maximum absolute atomic E-state index is 11.0. The molecule has 1 aromatic rings. The number of allylic oxidation sites excluding steroid dienone is 4. The molecule has 9 heteroatoms. The smallest absolute Gasteiger partial charge is 0.404 e. The van der Waals surface area contributed by atoms with E-state index in [0.29, 0.717) is 0 Å². The number of amides is 2. The van der Waals surface area contributed by atoms with Crippen LogP contribution in [-0.4, -0.2) is 47.2 Å². The molecule has 7 nitrogen and oxygen atoms in total. The molecule has 1 aliphatic rings. The molecular weight excluding hydrogens is 467 g/mol. The van der Waals surface area contributed by atoms with Gasteiger partial charge < -0.3 is 20.4 Å². The van der Waals surface area contributed by atoms with Crippen molar-refractivity contribution >= 4 is 34.0 Å². The number of halogens is 2. The standard InChI is InChI=1S/C14H16BrN3O.C5H12.C3H6FNO2/c1-10(5-6-11(2)15)12-8-16-14(17-12)13-4-3-7-18(13)9-19;1-4-5(2)3;4-1-2-7-3(5)6/h5-6,8-9,13H,1-4,7H2,(H,16,17);5H,4H2,1-3H3;1-2H2,(H2,5,6)/b6-5-;;. The highest BCUT2D eigenvalue weighted by Crippen LogP contribution is 2.29. The minimum absolute atomic E-state index is 0.0640. The highest BCUT2D eigenvalue weighted by atomic mass is 79.9. The van der Waals surface area contributed by atoms with E-state index in [9.17, 15) is 14.0 Å². The number of carbonyl (C=O) groups is 2. The van der Waals surface area contributed by atoms with Crippen LogP contribution in [0.25, 0.3) is 5.57 Å². The van der Waals surface area contributed by atoms with E-state index in [0.717, 1.165) is 53.3 Å². The van der Waals surface area contributed by atoms with Gasteiger partial charge in [-0.25, -0.2) is 14.2 Å². The van der Waals surface area contributed by atoms with E-state index in [4.69, 9.17) is 0 Å². The Labute approximate surface area is 192 Å². The first kappa shape index (κ1) is 28.6. The Balaban J connectivity index is 0.000000621. The van der Waals surface area contributed by atoms with Gasteiger partial charge in [-0.3, -0.25) is 4.79 Å². The summed E-state index contributed by atoms with van der Waals surface area (Å²) >= 11 is 3.26. The Bertz CT molecular complexity index is 734. The van der Waals surface area contributed by atoms with Crippen LogP contribution in [0, 0.1) is 5.92 Å². The zero-order valence-corrected chi connectivity index (χ0v) is 20.2. The van der Waals surface area contributed by atoms with Crippen LogP contribution in [0.4, 0.5) is 9.18 Å². The minimum atomic E-state index is -0.933. The SMILES string of the molecule is C=C(Br)/C=C\C(=C)c1cnc(C2CCCN2C=O)[nH]1.CCC(C)C.NC(=O)OCCF. The van der Waals surface area contributed by atoms with Gasteiger partial charge in [0.1, 0.15) is 19.1 Å².